The first-order valence-corrected chi connectivity index (χ1v) is 11.0. The van der Waals surface area contributed by atoms with E-state index in [2.05, 4.69) is 18.8 Å². The maximum atomic E-state index is 12.9. The third kappa shape index (κ3) is 6.30. The summed E-state index contributed by atoms with van der Waals surface area (Å²) < 4.78 is 7.32. The molecule has 2 aromatic carbocycles. The van der Waals surface area contributed by atoms with Crippen LogP contribution in [0.15, 0.2) is 60.9 Å². The molecule has 0 radical (unpaired) electrons. The average molecular weight is 435 g/mol. The highest BCUT2D eigenvalue weighted by atomic mass is 16.5. The van der Waals surface area contributed by atoms with Crippen LogP contribution < -0.4 is 4.74 Å². The summed E-state index contributed by atoms with van der Waals surface area (Å²) in [6.45, 7) is 6.51. The Morgan fingerprint density at radius 3 is 2.50 bits per heavy atom. The van der Waals surface area contributed by atoms with E-state index in [9.17, 15) is 9.59 Å². The molecule has 3 aromatic rings. The number of hydrogen-bond donors (Lipinski definition) is 1. The predicted octanol–water partition coefficient (Wildman–Crippen LogP) is 4.80. The first-order chi connectivity index (χ1) is 15.3. The largest absolute Gasteiger partial charge is 0.479 e. The van der Waals surface area contributed by atoms with Crippen molar-refractivity contribution in [2.24, 2.45) is 5.92 Å². The van der Waals surface area contributed by atoms with Crippen LogP contribution >= 0.6 is 0 Å². The van der Waals surface area contributed by atoms with Crippen LogP contribution in [-0.2, 0) is 24.2 Å². The standard InChI is InChI=1S/C26H30N2O4/c1-18(2)16-21-9-11-22(12-10-21)24(29)25-27-13-15-28(25)14-5-7-20-6-4-8-23(17-20)32-19(3)26(30)31/h4,6,8-13,15,17-19H,5,7,14,16H2,1-3H3,(H,30,31)/t19-/m0/s1. The van der Waals surface area contributed by atoms with Gasteiger partial charge in [-0.2, -0.15) is 0 Å². The van der Waals surface area contributed by atoms with Gasteiger partial charge in [0.2, 0.25) is 5.78 Å². The number of imidazole rings is 1. The number of carboxylic acids is 1. The summed E-state index contributed by atoms with van der Waals surface area (Å²) >= 11 is 0. The number of rotatable bonds is 11. The van der Waals surface area contributed by atoms with Crippen LogP contribution in [0.5, 0.6) is 5.75 Å². The van der Waals surface area contributed by atoms with E-state index in [1.165, 1.54) is 12.5 Å². The summed E-state index contributed by atoms with van der Waals surface area (Å²) in [5.74, 6) is 0.473. The van der Waals surface area contributed by atoms with Crippen molar-refractivity contribution < 1.29 is 19.4 Å². The van der Waals surface area contributed by atoms with Gasteiger partial charge in [0.1, 0.15) is 5.75 Å². The normalized spacial score (nSPS) is 12.0. The molecule has 1 aromatic heterocycles. The zero-order valence-corrected chi connectivity index (χ0v) is 18.8. The van der Waals surface area contributed by atoms with Crippen molar-refractivity contribution in [1.29, 1.82) is 0 Å². The maximum absolute atomic E-state index is 12.9. The highest BCUT2D eigenvalue weighted by molar-refractivity contribution is 6.06. The molecule has 0 unspecified atom stereocenters. The minimum Gasteiger partial charge on any atom is -0.479 e. The molecule has 6 nitrogen and oxygen atoms in total. The smallest absolute Gasteiger partial charge is 0.344 e. The monoisotopic (exact) mass is 434 g/mol. The van der Waals surface area contributed by atoms with Gasteiger partial charge >= 0.3 is 5.97 Å². The summed E-state index contributed by atoms with van der Waals surface area (Å²) in [7, 11) is 0. The van der Waals surface area contributed by atoms with Gasteiger partial charge in [-0.25, -0.2) is 9.78 Å². The van der Waals surface area contributed by atoms with Crippen LogP contribution in [0.25, 0.3) is 0 Å². The Morgan fingerprint density at radius 1 is 1.06 bits per heavy atom. The first kappa shape index (κ1) is 23.3. The zero-order chi connectivity index (χ0) is 23.1. The van der Waals surface area contributed by atoms with Crippen LogP contribution in [0.1, 0.15) is 54.5 Å². The molecule has 168 valence electrons. The summed E-state index contributed by atoms with van der Waals surface area (Å²) in [6.07, 6.45) is 5.15. The topological polar surface area (TPSA) is 81.4 Å². The number of benzene rings is 2. The highest BCUT2D eigenvalue weighted by Crippen LogP contribution is 2.17. The molecule has 0 bridgehead atoms. The van der Waals surface area contributed by atoms with E-state index in [1.54, 1.807) is 12.3 Å². The SMILES string of the molecule is CC(C)Cc1ccc(C(=O)c2nccn2CCCc2cccc(O[C@@H](C)C(=O)O)c2)cc1. The van der Waals surface area contributed by atoms with Crippen LogP contribution in [-0.4, -0.2) is 32.5 Å². The number of carbonyl (C=O) groups is 2. The van der Waals surface area contributed by atoms with E-state index < -0.39 is 12.1 Å². The molecule has 1 atom stereocenters. The number of carbonyl (C=O) groups excluding carboxylic acids is 1. The van der Waals surface area contributed by atoms with Gasteiger partial charge in [-0.3, -0.25) is 4.79 Å². The molecule has 6 heteroatoms. The van der Waals surface area contributed by atoms with E-state index in [0.717, 1.165) is 24.8 Å². The molecule has 0 aliphatic carbocycles. The molecule has 0 amide bonds. The van der Waals surface area contributed by atoms with Gasteiger partial charge in [-0.05, 0) is 55.4 Å². The Morgan fingerprint density at radius 2 is 1.81 bits per heavy atom. The lowest BCUT2D eigenvalue weighted by molar-refractivity contribution is -0.144. The van der Waals surface area contributed by atoms with Crippen molar-refractivity contribution in [3.8, 4) is 5.75 Å². The summed E-state index contributed by atoms with van der Waals surface area (Å²) in [5, 5.41) is 9.00. The molecule has 0 fully saturated rings. The zero-order valence-electron chi connectivity index (χ0n) is 18.8. The summed E-state index contributed by atoms with van der Waals surface area (Å²) in [5.41, 5.74) is 2.92. The van der Waals surface area contributed by atoms with Gasteiger partial charge in [-0.15, -0.1) is 0 Å². The number of aryl methyl sites for hydroxylation is 2. The van der Waals surface area contributed by atoms with Crippen molar-refractivity contribution in [3.63, 3.8) is 0 Å². The highest BCUT2D eigenvalue weighted by Gasteiger charge is 2.16. The number of aliphatic carboxylic acids is 1. The van der Waals surface area contributed by atoms with Crippen LogP contribution in [0.2, 0.25) is 0 Å². The number of aromatic nitrogens is 2. The fraction of sp³-hybridized carbons (Fsp3) is 0.346. The van der Waals surface area contributed by atoms with Crippen LogP contribution in [0, 0.1) is 5.92 Å². The second kappa shape index (κ2) is 10.8. The van der Waals surface area contributed by atoms with Gasteiger partial charge in [0.15, 0.2) is 11.9 Å². The quantitative estimate of drug-likeness (QED) is 0.439. The number of carboxylic acid groups (broad SMARTS) is 1. The van der Waals surface area contributed by atoms with Crippen LogP contribution in [0.4, 0.5) is 0 Å². The van der Waals surface area contributed by atoms with Crippen LogP contribution in [0.3, 0.4) is 0 Å². The number of ether oxygens (including phenoxy) is 1. The van der Waals surface area contributed by atoms with Gasteiger partial charge in [0, 0.05) is 24.5 Å². The van der Waals surface area contributed by atoms with Gasteiger partial charge < -0.3 is 14.4 Å². The van der Waals surface area contributed by atoms with Gasteiger partial charge in [0.25, 0.3) is 0 Å². The molecule has 1 N–H and O–H groups in total. The molecular formula is C26H30N2O4. The van der Waals surface area contributed by atoms with Crippen molar-refractivity contribution in [1.82, 2.24) is 9.55 Å². The maximum Gasteiger partial charge on any atom is 0.344 e. The van der Waals surface area contributed by atoms with Gasteiger partial charge in [0.05, 0.1) is 0 Å². The molecule has 1 heterocycles. The Balaban J connectivity index is 1.59. The molecule has 0 spiro atoms. The lowest BCUT2D eigenvalue weighted by Gasteiger charge is -2.12. The van der Waals surface area contributed by atoms with E-state index in [1.807, 2.05) is 53.2 Å². The molecule has 3 rings (SSSR count). The Kier molecular flexibility index (Phi) is 7.82. The molecule has 0 saturated carbocycles. The lowest BCUT2D eigenvalue weighted by atomic mass is 10.0. The predicted molar refractivity (Wildman–Crippen MR) is 123 cm³/mol. The Labute approximate surface area is 188 Å². The van der Waals surface area contributed by atoms with E-state index in [-0.39, 0.29) is 5.78 Å². The second-order valence-corrected chi connectivity index (χ2v) is 8.42. The minimum absolute atomic E-state index is 0.0795. The number of hydrogen-bond acceptors (Lipinski definition) is 4. The number of nitrogens with zero attached hydrogens (tertiary/aromatic N) is 2. The van der Waals surface area contributed by atoms with Crippen molar-refractivity contribution >= 4 is 11.8 Å². The third-order valence-electron chi connectivity index (χ3n) is 5.20. The summed E-state index contributed by atoms with van der Waals surface area (Å²) in [6, 6.07) is 15.2. The molecule has 0 saturated heterocycles. The molecule has 32 heavy (non-hydrogen) atoms. The van der Waals surface area contributed by atoms with Crippen molar-refractivity contribution in [2.75, 3.05) is 0 Å². The second-order valence-electron chi connectivity index (χ2n) is 8.42. The Bertz CT molecular complexity index is 1050. The van der Waals surface area contributed by atoms with Gasteiger partial charge in [-0.1, -0.05) is 50.2 Å². The first-order valence-electron chi connectivity index (χ1n) is 11.0. The van der Waals surface area contributed by atoms with E-state index >= 15 is 0 Å². The third-order valence-corrected chi connectivity index (χ3v) is 5.20. The lowest BCUT2D eigenvalue weighted by Crippen LogP contribution is -2.22. The molecule has 0 aliphatic rings. The van der Waals surface area contributed by atoms with Crippen molar-refractivity contribution in [3.05, 3.63) is 83.4 Å². The molecular weight excluding hydrogens is 404 g/mol. The summed E-state index contributed by atoms with van der Waals surface area (Å²) in [4.78, 5) is 28.2. The Hall–Kier alpha value is -3.41. The molecule has 0 aliphatic heterocycles. The minimum atomic E-state index is -0.998. The van der Waals surface area contributed by atoms with E-state index in [4.69, 9.17) is 9.84 Å². The fourth-order valence-corrected chi connectivity index (χ4v) is 3.57. The average Bonchev–Trinajstić information content (AvgIpc) is 3.22. The number of ketones is 1. The fourth-order valence-electron chi connectivity index (χ4n) is 3.57. The van der Waals surface area contributed by atoms with E-state index in [0.29, 0.717) is 29.6 Å². The van der Waals surface area contributed by atoms with Crippen molar-refractivity contribution in [2.45, 2.75) is 52.7 Å².